The quantitative estimate of drug-likeness (QED) is 0.248. The van der Waals surface area contributed by atoms with Gasteiger partial charge in [0.25, 0.3) is 0 Å². The number of aliphatic hydroxyl groups excluding tert-OH is 1. The van der Waals surface area contributed by atoms with Crippen molar-refractivity contribution in [1.29, 1.82) is 0 Å². The van der Waals surface area contributed by atoms with E-state index in [9.17, 15) is 15.0 Å². The minimum atomic E-state index is -0.799. The van der Waals surface area contributed by atoms with Gasteiger partial charge in [-0.15, -0.1) is 0 Å². The molecule has 5 nitrogen and oxygen atoms in total. The van der Waals surface area contributed by atoms with Gasteiger partial charge in [0.15, 0.2) is 0 Å². The van der Waals surface area contributed by atoms with Gasteiger partial charge >= 0.3 is 5.97 Å². The average Bonchev–Trinajstić information content (AvgIpc) is 2.62. The maximum absolute atomic E-state index is 11.7. The molecule has 27 heavy (non-hydrogen) atoms. The van der Waals surface area contributed by atoms with Crippen LogP contribution in [0.25, 0.3) is 0 Å². The first-order valence-corrected chi connectivity index (χ1v) is 11.2. The zero-order valence-electron chi connectivity index (χ0n) is 18.1. The van der Waals surface area contributed by atoms with Crippen LogP contribution < -0.4 is 11.1 Å². The largest absolute Gasteiger partial charge is 0.481 e. The van der Waals surface area contributed by atoms with Crippen molar-refractivity contribution in [3.63, 3.8) is 0 Å². The van der Waals surface area contributed by atoms with Crippen molar-refractivity contribution in [2.24, 2.45) is 17.1 Å². The number of nitrogens with two attached hydrogens (primary N) is 1. The zero-order chi connectivity index (χ0) is 20.5. The van der Waals surface area contributed by atoms with Crippen LogP contribution in [0, 0.1) is 11.3 Å². The lowest BCUT2D eigenvalue weighted by atomic mass is 9.73. The maximum Gasteiger partial charge on any atom is 0.309 e. The van der Waals surface area contributed by atoms with E-state index in [1.807, 2.05) is 0 Å². The van der Waals surface area contributed by atoms with Crippen LogP contribution in [0.1, 0.15) is 97.8 Å². The number of carboxylic acid groups (broad SMARTS) is 1. The molecule has 5 N–H and O–H groups in total. The van der Waals surface area contributed by atoms with Crippen molar-refractivity contribution < 1.29 is 15.0 Å². The lowest BCUT2D eigenvalue weighted by Crippen LogP contribution is -2.37. The van der Waals surface area contributed by atoms with Gasteiger partial charge in [0.1, 0.15) is 0 Å². The summed E-state index contributed by atoms with van der Waals surface area (Å²) in [7, 11) is 0. The van der Waals surface area contributed by atoms with Crippen molar-refractivity contribution in [2.45, 2.75) is 104 Å². The van der Waals surface area contributed by atoms with Gasteiger partial charge < -0.3 is 21.3 Å². The number of rotatable bonds is 19. The summed E-state index contributed by atoms with van der Waals surface area (Å²) in [5, 5.41) is 23.3. The first-order chi connectivity index (χ1) is 12.9. The summed E-state index contributed by atoms with van der Waals surface area (Å²) in [6.45, 7) is 8.00. The second-order valence-electron chi connectivity index (χ2n) is 8.58. The van der Waals surface area contributed by atoms with Crippen molar-refractivity contribution in [1.82, 2.24) is 5.32 Å². The summed E-state index contributed by atoms with van der Waals surface area (Å²) in [4.78, 5) is 11.7. The van der Waals surface area contributed by atoms with Crippen molar-refractivity contribution >= 4 is 5.97 Å². The Morgan fingerprint density at radius 2 is 1.59 bits per heavy atom. The Bertz CT molecular complexity index is 361. The first kappa shape index (κ1) is 26.4. The number of aliphatic carboxylic acids is 1. The van der Waals surface area contributed by atoms with Gasteiger partial charge in [-0.3, -0.25) is 4.79 Å². The van der Waals surface area contributed by atoms with Crippen molar-refractivity contribution in [2.75, 3.05) is 19.6 Å². The van der Waals surface area contributed by atoms with Crippen LogP contribution in [-0.4, -0.2) is 41.9 Å². The number of carboxylic acids is 1. The molecule has 0 aliphatic carbocycles. The van der Waals surface area contributed by atoms with E-state index in [0.29, 0.717) is 13.0 Å². The summed E-state index contributed by atoms with van der Waals surface area (Å²) in [5.41, 5.74) is 4.69. The molecule has 0 bridgehead atoms. The summed E-state index contributed by atoms with van der Waals surface area (Å²) < 4.78 is 0. The fraction of sp³-hybridized carbons (Fsp3) is 0.955. The lowest BCUT2D eigenvalue weighted by Gasteiger charge is -2.32. The van der Waals surface area contributed by atoms with E-state index in [4.69, 9.17) is 5.73 Å². The Morgan fingerprint density at radius 1 is 1.00 bits per heavy atom. The smallest absolute Gasteiger partial charge is 0.309 e. The number of hydrogen-bond acceptors (Lipinski definition) is 4. The van der Waals surface area contributed by atoms with Gasteiger partial charge in [-0.25, -0.2) is 0 Å². The molecule has 5 heteroatoms. The minimum absolute atomic E-state index is 0.00234. The van der Waals surface area contributed by atoms with Gasteiger partial charge in [-0.2, -0.15) is 0 Å². The van der Waals surface area contributed by atoms with Crippen LogP contribution in [0.2, 0.25) is 0 Å². The van der Waals surface area contributed by atoms with Gasteiger partial charge in [0.05, 0.1) is 11.5 Å². The topological polar surface area (TPSA) is 95.6 Å². The predicted molar refractivity (Wildman–Crippen MR) is 114 cm³/mol. The molecule has 0 spiro atoms. The highest BCUT2D eigenvalue weighted by Crippen LogP contribution is 2.35. The molecule has 0 radical (unpaired) electrons. The molecule has 0 aromatic carbocycles. The molecule has 0 aromatic heterocycles. The Balaban J connectivity index is 4.23. The molecule has 0 amide bonds. The van der Waals surface area contributed by atoms with Gasteiger partial charge in [0, 0.05) is 6.54 Å². The Labute approximate surface area is 167 Å². The van der Waals surface area contributed by atoms with E-state index in [1.54, 1.807) is 13.8 Å². The number of unbranched alkanes of at least 4 members (excludes halogenated alkanes) is 8. The Morgan fingerprint density at radius 3 is 2.22 bits per heavy atom. The van der Waals surface area contributed by atoms with Crippen LogP contribution in [0.4, 0.5) is 0 Å². The third-order valence-electron chi connectivity index (χ3n) is 5.72. The van der Waals surface area contributed by atoms with Crippen LogP contribution in [0.3, 0.4) is 0 Å². The van der Waals surface area contributed by atoms with Crippen LogP contribution >= 0.6 is 0 Å². The second kappa shape index (κ2) is 16.3. The molecule has 0 aliphatic rings. The molecule has 2 unspecified atom stereocenters. The lowest BCUT2D eigenvalue weighted by molar-refractivity contribution is -0.151. The standard InChI is InChI=1S/C22H46N2O3/c1-4-5-6-7-8-11-14-19(22(2,3)21(26)27)17-20(25)18-24-16-13-10-9-12-15-23/h19-20,24-25H,4-18,23H2,1-3H3,(H,26,27). The molecule has 162 valence electrons. The molecule has 0 fully saturated rings. The van der Waals surface area contributed by atoms with E-state index < -0.39 is 17.5 Å². The predicted octanol–water partition coefficient (Wildman–Crippen LogP) is 4.32. The average molecular weight is 387 g/mol. The van der Waals surface area contributed by atoms with Crippen LogP contribution in [0.15, 0.2) is 0 Å². The number of aliphatic hydroxyl groups is 1. The minimum Gasteiger partial charge on any atom is -0.481 e. The SMILES string of the molecule is CCCCCCCCC(CC(O)CNCCCCCCN)C(C)(C)C(=O)O. The molecule has 0 aromatic rings. The summed E-state index contributed by atoms with van der Waals surface area (Å²) in [6, 6.07) is 0. The third kappa shape index (κ3) is 13.2. The third-order valence-corrected chi connectivity index (χ3v) is 5.72. The molecule has 0 heterocycles. The molecular formula is C22H46N2O3. The Kier molecular flexibility index (Phi) is 15.9. The van der Waals surface area contributed by atoms with E-state index in [-0.39, 0.29) is 5.92 Å². The first-order valence-electron chi connectivity index (χ1n) is 11.2. The van der Waals surface area contributed by atoms with Gasteiger partial charge in [-0.1, -0.05) is 58.3 Å². The number of nitrogens with one attached hydrogen (secondary N) is 1. The number of carbonyl (C=O) groups is 1. The molecule has 0 rings (SSSR count). The summed E-state index contributed by atoms with van der Waals surface area (Å²) >= 11 is 0. The maximum atomic E-state index is 11.7. The monoisotopic (exact) mass is 386 g/mol. The Hall–Kier alpha value is -0.650. The summed E-state index contributed by atoms with van der Waals surface area (Å²) in [6.07, 6.45) is 12.6. The van der Waals surface area contributed by atoms with Crippen LogP contribution in [-0.2, 0) is 4.79 Å². The fourth-order valence-corrected chi connectivity index (χ4v) is 3.55. The van der Waals surface area contributed by atoms with E-state index in [2.05, 4.69) is 12.2 Å². The fourth-order valence-electron chi connectivity index (χ4n) is 3.55. The van der Waals surface area contributed by atoms with Gasteiger partial charge in [0.2, 0.25) is 0 Å². The molecular weight excluding hydrogens is 340 g/mol. The highest BCUT2D eigenvalue weighted by atomic mass is 16.4. The van der Waals surface area contributed by atoms with Gasteiger partial charge in [-0.05, 0) is 58.5 Å². The highest BCUT2D eigenvalue weighted by molar-refractivity contribution is 5.74. The van der Waals surface area contributed by atoms with E-state index in [1.165, 1.54) is 25.7 Å². The number of hydrogen-bond donors (Lipinski definition) is 4. The van der Waals surface area contributed by atoms with E-state index >= 15 is 0 Å². The summed E-state index contributed by atoms with van der Waals surface area (Å²) in [5.74, 6) is -0.763. The van der Waals surface area contributed by atoms with Crippen molar-refractivity contribution in [3.05, 3.63) is 0 Å². The second-order valence-corrected chi connectivity index (χ2v) is 8.58. The zero-order valence-corrected chi connectivity index (χ0v) is 18.1. The molecule has 0 aliphatic heterocycles. The molecule has 2 atom stereocenters. The van der Waals surface area contributed by atoms with E-state index in [0.717, 1.165) is 58.0 Å². The highest BCUT2D eigenvalue weighted by Gasteiger charge is 2.37. The normalized spacial score (nSPS) is 14.3. The molecule has 0 saturated carbocycles. The van der Waals surface area contributed by atoms with Crippen molar-refractivity contribution in [3.8, 4) is 0 Å². The van der Waals surface area contributed by atoms with Crippen LogP contribution in [0.5, 0.6) is 0 Å². The molecule has 0 saturated heterocycles.